The molecular formula is C20H35N3O4S. The molecule has 1 saturated carbocycles. The summed E-state index contributed by atoms with van der Waals surface area (Å²) < 4.78 is 39.7. The molecule has 0 radical (unpaired) electrons. The first-order valence-corrected chi connectivity index (χ1v) is 12.1. The summed E-state index contributed by atoms with van der Waals surface area (Å²) in [6.07, 6.45) is 7.80. The van der Waals surface area contributed by atoms with Crippen LogP contribution < -0.4 is 0 Å². The van der Waals surface area contributed by atoms with Crippen molar-refractivity contribution in [3.63, 3.8) is 0 Å². The van der Waals surface area contributed by atoms with Crippen molar-refractivity contribution in [2.24, 2.45) is 0 Å². The van der Waals surface area contributed by atoms with E-state index in [0.717, 1.165) is 57.3 Å². The Morgan fingerprint density at radius 1 is 1.14 bits per heavy atom. The van der Waals surface area contributed by atoms with Gasteiger partial charge in [0.25, 0.3) is 0 Å². The molecule has 7 nitrogen and oxygen atoms in total. The first kappa shape index (κ1) is 21.7. The maximum Gasteiger partial charge on any atom is 0.228 e. The molecule has 0 aromatic carbocycles. The Hall–Kier alpha value is -0.960. The van der Waals surface area contributed by atoms with Gasteiger partial charge in [0.2, 0.25) is 15.0 Å². The molecule has 0 amide bonds. The standard InChI is InChI=1S/C20H35N3O4S/c1-16-13-22(14-17(2)27-16)15-18-12-21-20(23(18)10-11-26-3)28(24,25)19-8-6-4-5-7-9-19/h12,16-17,19H,4-11,13-15H2,1-3H3/t16-,17+. The van der Waals surface area contributed by atoms with E-state index in [1.54, 1.807) is 13.3 Å². The third-order valence-electron chi connectivity index (χ3n) is 5.80. The lowest BCUT2D eigenvalue weighted by molar-refractivity contribution is -0.0710. The summed E-state index contributed by atoms with van der Waals surface area (Å²) >= 11 is 0. The lowest BCUT2D eigenvalue weighted by Crippen LogP contribution is -2.45. The van der Waals surface area contributed by atoms with E-state index in [1.165, 1.54) is 0 Å². The summed E-state index contributed by atoms with van der Waals surface area (Å²) in [5, 5.41) is -0.0872. The molecule has 1 aliphatic heterocycles. The van der Waals surface area contributed by atoms with Gasteiger partial charge in [0.05, 0.1) is 36.0 Å². The monoisotopic (exact) mass is 413 g/mol. The van der Waals surface area contributed by atoms with Crippen molar-refractivity contribution >= 4 is 9.84 Å². The van der Waals surface area contributed by atoms with Crippen molar-refractivity contribution in [1.82, 2.24) is 14.5 Å². The topological polar surface area (TPSA) is 73.7 Å². The van der Waals surface area contributed by atoms with Gasteiger partial charge in [-0.05, 0) is 26.7 Å². The molecule has 1 saturated heterocycles. The van der Waals surface area contributed by atoms with Crippen LogP contribution in [0.5, 0.6) is 0 Å². The number of imidazole rings is 1. The first-order valence-electron chi connectivity index (χ1n) is 10.6. The summed E-state index contributed by atoms with van der Waals surface area (Å²) in [4.78, 5) is 6.73. The highest BCUT2D eigenvalue weighted by Crippen LogP contribution is 2.28. The van der Waals surface area contributed by atoms with Gasteiger partial charge in [0.1, 0.15) is 0 Å². The summed E-state index contributed by atoms with van der Waals surface area (Å²) in [6.45, 7) is 7.47. The molecular weight excluding hydrogens is 378 g/mol. The Morgan fingerprint density at radius 2 is 1.79 bits per heavy atom. The number of aromatic nitrogens is 2. The van der Waals surface area contributed by atoms with E-state index >= 15 is 0 Å². The highest BCUT2D eigenvalue weighted by molar-refractivity contribution is 7.91. The number of hydrogen-bond acceptors (Lipinski definition) is 6. The van der Waals surface area contributed by atoms with Gasteiger partial charge in [-0.1, -0.05) is 25.7 Å². The van der Waals surface area contributed by atoms with Crippen LogP contribution in [0.3, 0.4) is 0 Å². The minimum atomic E-state index is -3.43. The predicted molar refractivity (Wildman–Crippen MR) is 108 cm³/mol. The highest BCUT2D eigenvalue weighted by Gasteiger charge is 2.33. The van der Waals surface area contributed by atoms with Crippen LogP contribution in [-0.2, 0) is 32.4 Å². The quantitative estimate of drug-likeness (QED) is 0.640. The molecule has 160 valence electrons. The van der Waals surface area contributed by atoms with Gasteiger partial charge in [-0.25, -0.2) is 13.4 Å². The van der Waals surface area contributed by atoms with Crippen LogP contribution in [0.4, 0.5) is 0 Å². The zero-order chi connectivity index (χ0) is 20.1. The average Bonchev–Trinajstić information content (AvgIpc) is 2.84. The molecule has 1 aromatic heterocycles. The van der Waals surface area contributed by atoms with E-state index in [2.05, 4.69) is 23.7 Å². The van der Waals surface area contributed by atoms with Crippen molar-refractivity contribution in [1.29, 1.82) is 0 Å². The van der Waals surface area contributed by atoms with E-state index in [-0.39, 0.29) is 22.6 Å². The van der Waals surface area contributed by atoms with Crippen molar-refractivity contribution in [3.8, 4) is 0 Å². The summed E-state index contributed by atoms with van der Waals surface area (Å²) in [5.74, 6) is 0. The predicted octanol–water partition coefficient (Wildman–Crippen LogP) is 2.64. The molecule has 0 spiro atoms. The SMILES string of the molecule is COCCn1c(CN2C[C@@H](C)O[C@@H](C)C2)cnc1S(=O)(=O)C1CCCCCC1. The summed E-state index contributed by atoms with van der Waals surface area (Å²) in [5.41, 5.74) is 0.936. The summed E-state index contributed by atoms with van der Waals surface area (Å²) in [7, 11) is -1.79. The van der Waals surface area contributed by atoms with Crippen molar-refractivity contribution in [2.45, 2.75) is 88.1 Å². The third kappa shape index (κ3) is 5.14. The van der Waals surface area contributed by atoms with Crippen LogP contribution in [0, 0.1) is 0 Å². The van der Waals surface area contributed by atoms with Crippen LogP contribution in [0.25, 0.3) is 0 Å². The fraction of sp³-hybridized carbons (Fsp3) is 0.850. The van der Waals surface area contributed by atoms with Gasteiger partial charge in [-0.15, -0.1) is 0 Å². The lowest BCUT2D eigenvalue weighted by atomic mass is 10.2. The zero-order valence-electron chi connectivity index (χ0n) is 17.5. The fourth-order valence-electron chi connectivity index (χ4n) is 4.51. The highest BCUT2D eigenvalue weighted by atomic mass is 32.2. The van der Waals surface area contributed by atoms with Crippen LogP contribution >= 0.6 is 0 Å². The normalized spacial score (nSPS) is 25.7. The second-order valence-electron chi connectivity index (χ2n) is 8.29. The molecule has 2 aliphatic rings. The van der Waals surface area contributed by atoms with Crippen LogP contribution in [0.1, 0.15) is 58.1 Å². The Bertz CT molecular complexity index is 716. The van der Waals surface area contributed by atoms with Gasteiger partial charge < -0.3 is 14.0 Å². The van der Waals surface area contributed by atoms with Gasteiger partial charge in [-0.3, -0.25) is 4.90 Å². The number of rotatable bonds is 7. The number of nitrogens with zero attached hydrogens (tertiary/aromatic N) is 3. The Morgan fingerprint density at radius 3 is 2.39 bits per heavy atom. The molecule has 2 atom stereocenters. The molecule has 2 heterocycles. The maximum absolute atomic E-state index is 13.4. The van der Waals surface area contributed by atoms with Gasteiger partial charge >= 0.3 is 0 Å². The third-order valence-corrected chi connectivity index (χ3v) is 7.98. The Kier molecular flexibility index (Phi) is 7.53. The second kappa shape index (κ2) is 9.69. The van der Waals surface area contributed by atoms with Crippen molar-refractivity contribution < 1.29 is 17.9 Å². The molecule has 0 bridgehead atoms. The van der Waals surface area contributed by atoms with E-state index < -0.39 is 9.84 Å². The minimum Gasteiger partial charge on any atom is -0.383 e. The Balaban J connectivity index is 1.85. The molecule has 1 aliphatic carbocycles. The van der Waals surface area contributed by atoms with E-state index in [0.29, 0.717) is 19.7 Å². The van der Waals surface area contributed by atoms with E-state index in [1.807, 2.05) is 4.57 Å². The van der Waals surface area contributed by atoms with E-state index in [9.17, 15) is 8.42 Å². The van der Waals surface area contributed by atoms with Crippen LogP contribution in [0.2, 0.25) is 0 Å². The summed E-state index contributed by atoms with van der Waals surface area (Å²) in [6, 6.07) is 0. The van der Waals surface area contributed by atoms with Crippen molar-refractivity contribution in [2.75, 3.05) is 26.8 Å². The van der Waals surface area contributed by atoms with Crippen LogP contribution in [0.15, 0.2) is 11.4 Å². The van der Waals surface area contributed by atoms with E-state index in [4.69, 9.17) is 9.47 Å². The van der Waals surface area contributed by atoms with Gasteiger partial charge in [-0.2, -0.15) is 0 Å². The number of sulfone groups is 1. The largest absolute Gasteiger partial charge is 0.383 e. The van der Waals surface area contributed by atoms with Gasteiger partial charge in [0.15, 0.2) is 0 Å². The number of methoxy groups -OCH3 is 1. The Labute approximate surface area is 169 Å². The molecule has 2 fully saturated rings. The molecule has 28 heavy (non-hydrogen) atoms. The second-order valence-corrected chi connectivity index (χ2v) is 10.4. The molecule has 0 unspecified atom stereocenters. The van der Waals surface area contributed by atoms with Gasteiger partial charge in [0, 0.05) is 33.3 Å². The lowest BCUT2D eigenvalue weighted by Gasteiger charge is -2.35. The zero-order valence-corrected chi connectivity index (χ0v) is 18.3. The molecule has 3 rings (SSSR count). The number of morpholine rings is 1. The first-order chi connectivity index (χ1) is 13.4. The van der Waals surface area contributed by atoms with Crippen LogP contribution in [-0.4, -0.2) is 67.1 Å². The van der Waals surface area contributed by atoms with Crippen molar-refractivity contribution in [3.05, 3.63) is 11.9 Å². The minimum absolute atomic E-state index is 0.174. The smallest absolute Gasteiger partial charge is 0.228 e. The molecule has 1 aromatic rings. The number of ether oxygens (including phenoxy) is 2. The average molecular weight is 414 g/mol. The molecule has 8 heteroatoms. The fourth-order valence-corrected chi connectivity index (χ4v) is 6.48. The number of hydrogen-bond donors (Lipinski definition) is 0. The maximum atomic E-state index is 13.4. The molecule has 0 N–H and O–H groups in total.